The number of hydrogen-bond donors (Lipinski definition) is 1. The Morgan fingerprint density at radius 1 is 1.17 bits per heavy atom. The number of hydrogen-bond acceptors (Lipinski definition) is 2. The fraction of sp³-hybridized carbons (Fsp3) is 0.533. The fourth-order valence-electron chi connectivity index (χ4n) is 1.84. The second kappa shape index (κ2) is 8.70. The maximum absolute atomic E-state index is 12.0. The summed E-state index contributed by atoms with van der Waals surface area (Å²) in [5.41, 5.74) is 1.19. The zero-order valence-corrected chi connectivity index (χ0v) is 11.5. The summed E-state index contributed by atoms with van der Waals surface area (Å²) in [6.45, 7) is 7.39. The Balaban J connectivity index is 2.38. The predicted molar refractivity (Wildman–Crippen MR) is 75.3 cm³/mol. The Bertz CT molecular complexity index is 338. The molecule has 0 aromatic heterocycles. The van der Waals surface area contributed by atoms with Crippen molar-refractivity contribution in [3.63, 3.8) is 0 Å². The van der Waals surface area contributed by atoms with Crippen LogP contribution in [0.1, 0.15) is 32.3 Å². The van der Waals surface area contributed by atoms with Crippen molar-refractivity contribution >= 4 is 5.91 Å². The lowest BCUT2D eigenvalue weighted by Gasteiger charge is -2.21. The molecule has 0 heterocycles. The van der Waals surface area contributed by atoms with Crippen LogP contribution in [0.15, 0.2) is 30.3 Å². The van der Waals surface area contributed by atoms with Gasteiger partial charge in [0.05, 0.1) is 0 Å². The number of carbonyl (C=O) groups is 1. The summed E-state index contributed by atoms with van der Waals surface area (Å²) in [6.07, 6.45) is 1.69. The Kier molecular flexibility index (Phi) is 7.11. The smallest absolute Gasteiger partial charge is 0.224 e. The van der Waals surface area contributed by atoms with Crippen LogP contribution in [-0.4, -0.2) is 30.4 Å². The summed E-state index contributed by atoms with van der Waals surface area (Å²) < 4.78 is 0. The van der Waals surface area contributed by atoms with Crippen molar-refractivity contribution in [2.75, 3.05) is 19.6 Å². The van der Waals surface area contributed by atoms with Crippen molar-refractivity contribution < 1.29 is 4.79 Å². The van der Waals surface area contributed by atoms with E-state index in [2.05, 4.69) is 24.4 Å². The molecule has 0 aliphatic rings. The lowest BCUT2D eigenvalue weighted by molar-refractivity contribution is -0.131. The first-order valence-electron chi connectivity index (χ1n) is 6.80. The molecular weight excluding hydrogens is 224 g/mol. The minimum atomic E-state index is 0.227. The zero-order valence-electron chi connectivity index (χ0n) is 11.5. The van der Waals surface area contributed by atoms with Crippen molar-refractivity contribution in [1.82, 2.24) is 10.2 Å². The third-order valence-corrected chi connectivity index (χ3v) is 2.89. The Morgan fingerprint density at radius 2 is 1.89 bits per heavy atom. The van der Waals surface area contributed by atoms with Gasteiger partial charge in [0.25, 0.3) is 0 Å². The van der Waals surface area contributed by atoms with Gasteiger partial charge >= 0.3 is 0 Å². The van der Waals surface area contributed by atoms with Gasteiger partial charge in [0.15, 0.2) is 0 Å². The van der Waals surface area contributed by atoms with Crippen LogP contribution in [0.3, 0.4) is 0 Å². The molecule has 0 atom stereocenters. The summed E-state index contributed by atoms with van der Waals surface area (Å²) in [7, 11) is 0. The summed E-state index contributed by atoms with van der Waals surface area (Å²) in [5, 5.41) is 3.26. The van der Waals surface area contributed by atoms with E-state index in [1.165, 1.54) is 5.56 Å². The molecule has 1 N–H and O–H groups in total. The lowest BCUT2D eigenvalue weighted by Crippen LogP contribution is -2.32. The first-order chi connectivity index (χ1) is 8.77. The summed E-state index contributed by atoms with van der Waals surface area (Å²) >= 11 is 0. The molecule has 0 unspecified atom stereocenters. The summed E-state index contributed by atoms with van der Waals surface area (Å²) in [4.78, 5) is 13.9. The molecule has 0 spiro atoms. The largest absolute Gasteiger partial charge is 0.339 e. The third kappa shape index (κ3) is 5.32. The minimum absolute atomic E-state index is 0.227. The molecule has 0 radical (unpaired) electrons. The molecule has 0 saturated carbocycles. The normalized spacial score (nSPS) is 10.3. The topological polar surface area (TPSA) is 32.3 Å². The van der Waals surface area contributed by atoms with Crippen LogP contribution in [0.4, 0.5) is 0 Å². The number of rotatable bonds is 8. The highest BCUT2D eigenvalue weighted by molar-refractivity contribution is 5.76. The zero-order chi connectivity index (χ0) is 13.2. The van der Waals surface area contributed by atoms with E-state index in [-0.39, 0.29) is 5.91 Å². The minimum Gasteiger partial charge on any atom is -0.339 e. The molecule has 0 bridgehead atoms. The number of nitrogens with one attached hydrogen (secondary N) is 1. The highest BCUT2D eigenvalue weighted by Crippen LogP contribution is 2.05. The van der Waals surface area contributed by atoms with Gasteiger partial charge in [-0.2, -0.15) is 0 Å². The molecule has 1 rings (SSSR count). The van der Waals surface area contributed by atoms with Crippen LogP contribution in [0, 0.1) is 0 Å². The highest BCUT2D eigenvalue weighted by Gasteiger charge is 2.11. The van der Waals surface area contributed by atoms with Crippen LogP contribution < -0.4 is 5.32 Å². The van der Waals surface area contributed by atoms with Crippen LogP contribution in [0.2, 0.25) is 0 Å². The first-order valence-corrected chi connectivity index (χ1v) is 6.80. The van der Waals surface area contributed by atoms with Gasteiger partial charge in [-0.1, -0.05) is 37.3 Å². The van der Waals surface area contributed by atoms with Crippen molar-refractivity contribution in [3.8, 4) is 0 Å². The van der Waals surface area contributed by atoms with Gasteiger partial charge in [-0.05, 0) is 25.5 Å². The highest BCUT2D eigenvalue weighted by atomic mass is 16.2. The Morgan fingerprint density at radius 3 is 2.50 bits per heavy atom. The van der Waals surface area contributed by atoms with Gasteiger partial charge < -0.3 is 10.2 Å². The molecule has 1 aromatic rings. The quantitative estimate of drug-likeness (QED) is 0.717. The molecular formula is C15H24N2O. The van der Waals surface area contributed by atoms with Crippen molar-refractivity contribution in [3.05, 3.63) is 35.9 Å². The molecule has 100 valence electrons. The van der Waals surface area contributed by atoms with Crippen LogP contribution in [0.5, 0.6) is 0 Å². The molecule has 18 heavy (non-hydrogen) atoms. The predicted octanol–water partition coefficient (Wildman–Crippen LogP) is 2.42. The molecule has 3 nitrogen and oxygen atoms in total. The van der Waals surface area contributed by atoms with Crippen molar-refractivity contribution in [1.29, 1.82) is 0 Å². The standard InChI is InChI=1S/C15H24N2O/c1-3-11-16-12-10-15(18)17(4-2)13-14-8-6-5-7-9-14/h5-9,16H,3-4,10-13H2,1-2H3. The van der Waals surface area contributed by atoms with E-state index in [4.69, 9.17) is 0 Å². The van der Waals surface area contributed by atoms with E-state index in [1.807, 2.05) is 30.0 Å². The van der Waals surface area contributed by atoms with Crippen LogP contribution >= 0.6 is 0 Å². The van der Waals surface area contributed by atoms with E-state index in [0.717, 1.165) is 26.1 Å². The van der Waals surface area contributed by atoms with Gasteiger partial charge in [0.2, 0.25) is 5.91 Å². The molecule has 0 fully saturated rings. The average Bonchev–Trinajstić information content (AvgIpc) is 2.42. The monoisotopic (exact) mass is 248 g/mol. The average molecular weight is 248 g/mol. The molecule has 0 aliphatic carbocycles. The Labute approximate surface area is 110 Å². The van der Waals surface area contributed by atoms with E-state index in [9.17, 15) is 4.79 Å². The van der Waals surface area contributed by atoms with Gasteiger partial charge in [-0.15, -0.1) is 0 Å². The number of amides is 1. The Hall–Kier alpha value is -1.35. The fourth-order valence-corrected chi connectivity index (χ4v) is 1.84. The van der Waals surface area contributed by atoms with Crippen LogP contribution in [0.25, 0.3) is 0 Å². The van der Waals surface area contributed by atoms with Gasteiger partial charge in [-0.3, -0.25) is 4.79 Å². The maximum atomic E-state index is 12.0. The molecule has 1 aromatic carbocycles. The maximum Gasteiger partial charge on any atom is 0.224 e. The summed E-state index contributed by atoms with van der Waals surface area (Å²) in [6, 6.07) is 10.1. The first kappa shape index (κ1) is 14.7. The third-order valence-electron chi connectivity index (χ3n) is 2.89. The number of carbonyl (C=O) groups excluding carboxylic acids is 1. The second-order valence-electron chi connectivity index (χ2n) is 4.39. The van der Waals surface area contributed by atoms with Gasteiger partial charge in [-0.25, -0.2) is 0 Å². The van der Waals surface area contributed by atoms with E-state index in [0.29, 0.717) is 13.0 Å². The van der Waals surface area contributed by atoms with E-state index in [1.54, 1.807) is 0 Å². The second-order valence-corrected chi connectivity index (χ2v) is 4.39. The van der Waals surface area contributed by atoms with Gasteiger partial charge in [0, 0.05) is 26.1 Å². The molecule has 1 amide bonds. The van der Waals surface area contributed by atoms with Crippen molar-refractivity contribution in [2.24, 2.45) is 0 Å². The van der Waals surface area contributed by atoms with Crippen LogP contribution in [-0.2, 0) is 11.3 Å². The lowest BCUT2D eigenvalue weighted by atomic mass is 10.2. The SMILES string of the molecule is CCCNCCC(=O)N(CC)Cc1ccccc1. The van der Waals surface area contributed by atoms with E-state index < -0.39 is 0 Å². The van der Waals surface area contributed by atoms with Gasteiger partial charge in [0.1, 0.15) is 0 Å². The van der Waals surface area contributed by atoms with E-state index >= 15 is 0 Å². The molecule has 3 heteroatoms. The summed E-state index contributed by atoms with van der Waals surface area (Å²) in [5.74, 6) is 0.227. The van der Waals surface area contributed by atoms with Crippen molar-refractivity contribution in [2.45, 2.75) is 33.2 Å². The number of nitrogens with zero attached hydrogens (tertiary/aromatic N) is 1. The molecule has 0 saturated heterocycles. The number of benzene rings is 1. The molecule has 0 aliphatic heterocycles.